The predicted molar refractivity (Wildman–Crippen MR) is 121 cm³/mol. The zero-order chi connectivity index (χ0) is 21.8. The Hall–Kier alpha value is -3.06. The molecule has 0 radical (unpaired) electrons. The molecule has 0 fully saturated rings. The molecular weight excluding hydrogens is 400 g/mol. The summed E-state index contributed by atoms with van der Waals surface area (Å²) in [6.45, 7) is 8.16. The van der Waals surface area contributed by atoms with Crippen LogP contribution >= 0.6 is 12.2 Å². The fraction of sp³-hybridized carbons (Fsp3) is 0.304. The second-order valence-corrected chi connectivity index (χ2v) is 7.32. The summed E-state index contributed by atoms with van der Waals surface area (Å²) in [6.07, 6.45) is 0. The van der Waals surface area contributed by atoms with Gasteiger partial charge in [-0.1, -0.05) is 23.8 Å². The summed E-state index contributed by atoms with van der Waals surface area (Å²) in [6, 6.07) is 12.4. The number of rotatable bonds is 6. The second-order valence-electron chi connectivity index (χ2n) is 6.93. The molecule has 30 heavy (non-hydrogen) atoms. The van der Waals surface area contributed by atoms with Gasteiger partial charge in [-0.15, -0.1) is 0 Å². The van der Waals surface area contributed by atoms with E-state index in [0.29, 0.717) is 28.7 Å². The molecule has 2 aromatic rings. The third-order valence-corrected chi connectivity index (χ3v) is 5.19. The summed E-state index contributed by atoms with van der Waals surface area (Å²) in [5.74, 6) is -0.0265. The van der Waals surface area contributed by atoms with Crippen LogP contribution in [0.2, 0.25) is 0 Å². The Morgan fingerprint density at radius 2 is 1.83 bits per heavy atom. The van der Waals surface area contributed by atoms with Gasteiger partial charge >= 0.3 is 5.97 Å². The molecule has 3 rings (SSSR count). The number of ether oxygens (including phenoxy) is 2. The van der Waals surface area contributed by atoms with E-state index >= 15 is 0 Å². The largest absolute Gasteiger partial charge is 0.504 e. The molecule has 1 aliphatic rings. The van der Waals surface area contributed by atoms with Crippen LogP contribution in [0.3, 0.4) is 0 Å². The van der Waals surface area contributed by atoms with Crippen LogP contribution in [-0.2, 0) is 9.53 Å². The average Bonchev–Trinajstić information content (AvgIpc) is 2.71. The molecule has 0 amide bonds. The van der Waals surface area contributed by atoms with E-state index in [0.717, 1.165) is 16.8 Å². The normalized spacial score (nSPS) is 16.3. The number of hydrogen-bond acceptors (Lipinski definition) is 5. The Bertz CT molecular complexity index is 985. The van der Waals surface area contributed by atoms with Gasteiger partial charge in [0.2, 0.25) is 0 Å². The molecule has 1 aliphatic heterocycles. The maximum Gasteiger partial charge on any atom is 0.338 e. The minimum absolute atomic E-state index is 0.0404. The van der Waals surface area contributed by atoms with Crippen LogP contribution in [0.5, 0.6) is 11.5 Å². The van der Waals surface area contributed by atoms with Crippen molar-refractivity contribution in [2.24, 2.45) is 0 Å². The lowest BCUT2D eigenvalue weighted by atomic mass is 9.94. The molecule has 1 unspecified atom stereocenters. The number of allylic oxidation sites excluding steroid dienone is 1. The Balaban J connectivity index is 2.12. The number of carbonyl (C=O) groups is 1. The number of esters is 1. The number of benzene rings is 2. The molecule has 0 aromatic heterocycles. The van der Waals surface area contributed by atoms with Crippen molar-refractivity contribution in [3.05, 3.63) is 64.9 Å². The first kappa shape index (κ1) is 21.6. The van der Waals surface area contributed by atoms with Crippen molar-refractivity contribution in [3.63, 3.8) is 0 Å². The van der Waals surface area contributed by atoms with E-state index in [-0.39, 0.29) is 12.4 Å². The van der Waals surface area contributed by atoms with E-state index in [2.05, 4.69) is 5.32 Å². The molecule has 6 nitrogen and oxygen atoms in total. The SMILES string of the molecule is CCOC(=O)C1=C(C)N(c2ccc(C)cc2)C(=S)NC1c1ccc(O)c(OCC)c1. The van der Waals surface area contributed by atoms with Gasteiger partial charge < -0.3 is 19.9 Å². The highest BCUT2D eigenvalue weighted by Gasteiger charge is 2.35. The third-order valence-electron chi connectivity index (χ3n) is 4.89. The summed E-state index contributed by atoms with van der Waals surface area (Å²) < 4.78 is 10.9. The number of aromatic hydroxyl groups is 1. The number of phenols is 1. The van der Waals surface area contributed by atoms with E-state index in [1.807, 2.05) is 49.9 Å². The Kier molecular flexibility index (Phi) is 6.62. The molecule has 158 valence electrons. The molecule has 0 saturated carbocycles. The lowest BCUT2D eigenvalue weighted by Crippen LogP contribution is -2.48. The van der Waals surface area contributed by atoms with Crippen molar-refractivity contribution in [1.82, 2.24) is 5.32 Å². The summed E-state index contributed by atoms with van der Waals surface area (Å²) in [7, 11) is 0. The smallest absolute Gasteiger partial charge is 0.338 e. The molecular formula is C23H26N2O4S. The van der Waals surface area contributed by atoms with Crippen LogP contribution in [0.15, 0.2) is 53.7 Å². The maximum atomic E-state index is 12.9. The summed E-state index contributed by atoms with van der Waals surface area (Å²) in [5.41, 5.74) is 3.88. The van der Waals surface area contributed by atoms with Crippen LogP contribution in [0.25, 0.3) is 0 Å². The van der Waals surface area contributed by atoms with Crippen LogP contribution in [0, 0.1) is 6.92 Å². The van der Waals surface area contributed by atoms with Crippen molar-refractivity contribution in [3.8, 4) is 11.5 Å². The van der Waals surface area contributed by atoms with Gasteiger partial charge in [-0.2, -0.15) is 0 Å². The van der Waals surface area contributed by atoms with Crippen molar-refractivity contribution in [2.45, 2.75) is 33.7 Å². The molecule has 0 aliphatic carbocycles. The Morgan fingerprint density at radius 3 is 2.47 bits per heavy atom. The lowest BCUT2D eigenvalue weighted by molar-refractivity contribution is -0.139. The van der Waals surface area contributed by atoms with Gasteiger partial charge in [0.25, 0.3) is 0 Å². The maximum absolute atomic E-state index is 12.9. The van der Waals surface area contributed by atoms with Gasteiger partial charge in [0.1, 0.15) is 0 Å². The predicted octanol–water partition coefficient (Wildman–Crippen LogP) is 4.37. The van der Waals surface area contributed by atoms with Crippen molar-refractivity contribution < 1.29 is 19.4 Å². The number of nitrogens with one attached hydrogen (secondary N) is 1. The fourth-order valence-electron chi connectivity index (χ4n) is 3.45. The number of aryl methyl sites for hydroxylation is 1. The van der Waals surface area contributed by atoms with Gasteiger partial charge in [0.05, 0.1) is 24.8 Å². The standard InChI is InChI=1S/C23H26N2O4S/c1-5-28-19-13-16(9-12-18(19)26)21-20(22(27)29-6-2)15(4)25(23(30)24-21)17-10-7-14(3)8-11-17/h7-13,21,26H,5-6H2,1-4H3,(H,24,30). The van der Waals surface area contributed by atoms with Gasteiger partial charge in [0, 0.05) is 11.4 Å². The number of phenolic OH excluding ortho intramolecular Hbond substituents is 1. The number of anilines is 1. The summed E-state index contributed by atoms with van der Waals surface area (Å²) in [5, 5.41) is 13.8. The second kappa shape index (κ2) is 9.17. The first-order valence-corrected chi connectivity index (χ1v) is 10.3. The van der Waals surface area contributed by atoms with E-state index in [4.69, 9.17) is 21.7 Å². The average molecular weight is 427 g/mol. The molecule has 1 atom stereocenters. The van der Waals surface area contributed by atoms with Crippen molar-refractivity contribution >= 4 is 29.0 Å². The molecule has 0 bridgehead atoms. The lowest BCUT2D eigenvalue weighted by Gasteiger charge is -2.37. The highest BCUT2D eigenvalue weighted by Crippen LogP contribution is 2.37. The number of nitrogens with zero attached hydrogens (tertiary/aromatic N) is 1. The first-order chi connectivity index (χ1) is 14.4. The van der Waals surface area contributed by atoms with E-state index in [9.17, 15) is 9.90 Å². The minimum atomic E-state index is -0.530. The topological polar surface area (TPSA) is 71.0 Å². The zero-order valence-corrected chi connectivity index (χ0v) is 18.4. The minimum Gasteiger partial charge on any atom is -0.504 e. The van der Waals surface area contributed by atoms with Gasteiger partial charge in [0.15, 0.2) is 16.6 Å². The van der Waals surface area contributed by atoms with Crippen LogP contribution in [0.4, 0.5) is 5.69 Å². The number of thiocarbonyl (C=S) groups is 1. The molecule has 0 spiro atoms. The van der Waals surface area contributed by atoms with E-state index in [1.54, 1.807) is 25.1 Å². The van der Waals surface area contributed by atoms with Crippen molar-refractivity contribution in [2.75, 3.05) is 18.1 Å². The van der Waals surface area contributed by atoms with E-state index in [1.165, 1.54) is 0 Å². The Morgan fingerprint density at radius 1 is 1.13 bits per heavy atom. The molecule has 0 saturated heterocycles. The molecule has 1 heterocycles. The molecule has 7 heteroatoms. The third kappa shape index (κ3) is 4.26. The number of hydrogen-bond donors (Lipinski definition) is 2. The van der Waals surface area contributed by atoms with Gasteiger partial charge in [-0.05, 0) is 69.7 Å². The fourth-order valence-corrected chi connectivity index (χ4v) is 3.81. The first-order valence-electron chi connectivity index (χ1n) is 9.88. The quantitative estimate of drug-likeness (QED) is 0.525. The van der Waals surface area contributed by atoms with Crippen LogP contribution in [-0.4, -0.2) is 29.4 Å². The van der Waals surface area contributed by atoms with E-state index < -0.39 is 12.0 Å². The zero-order valence-electron chi connectivity index (χ0n) is 17.6. The van der Waals surface area contributed by atoms with Gasteiger partial charge in [-0.25, -0.2) is 4.79 Å². The highest BCUT2D eigenvalue weighted by molar-refractivity contribution is 7.80. The van der Waals surface area contributed by atoms with Gasteiger partial charge in [-0.3, -0.25) is 4.90 Å². The Labute approximate surface area is 182 Å². The summed E-state index contributed by atoms with van der Waals surface area (Å²) >= 11 is 5.66. The molecule has 2 N–H and O–H groups in total. The monoisotopic (exact) mass is 426 g/mol. The van der Waals surface area contributed by atoms with Crippen LogP contribution in [0.1, 0.15) is 37.9 Å². The number of carbonyl (C=O) groups excluding carboxylic acids is 1. The summed E-state index contributed by atoms with van der Waals surface area (Å²) in [4.78, 5) is 14.8. The highest BCUT2D eigenvalue weighted by atomic mass is 32.1. The molecule has 2 aromatic carbocycles. The van der Waals surface area contributed by atoms with Crippen molar-refractivity contribution in [1.29, 1.82) is 0 Å². The van der Waals surface area contributed by atoms with Crippen LogP contribution < -0.4 is 15.0 Å².